The first-order chi connectivity index (χ1) is 16.4. The molecule has 0 aliphatic rings. The number of aryl methyl sites for hydroxylation is 2. The molecule has 0 bridgehead atoms. The third-order valence-corrected chi connectivity index (χ3v) is 5.97. The first kappa shape index (κ1) is 25.4. The fourth-order valence-corrected chi connectivity index (χ4v) is 3.98. The topological polar surface area (TPSA) is 102 Å². The normalized spacial score (nSPS) is 11.4. The van der Waals surface area contributed by atoms with Crippen molar-refractivity contribution in [1.29, 1.82) is 0 Å². The Bertz CT molecular complexity index is 1220. The van der Waals surface area contributed by atoms with Crippen molar-refractivity contribution in [1.82, 2.24) is 24.0 Å². The Hall–Kier alpha value is -3.20. The van der Waals surface area contributed by atoms with Crippen LogP contribution >= 0.6 is 0 Å². The zero-order valence-corrected chi connectivity index (χ0v) is 20.6. The summed E-state index contributed by atoms with van der Waals surface area (Å²) in [6.45, 7) is 11.9. The van der Waals surface area contributed by atoms with E-state index in [2.05, 4.69) is 28.7 Å². The summed E-state index contributed by atoms with van der Waals surface area (Å²) in [7, 11) is 0. The SMILES string of the molecule is CCCCn1c(=O)[nH]c(=O)c2c1nc(COC(=O)c1ccc(CN(CC)CC)cc1)n2CCC. The van der Waals surface area contributed by atoms with E-state index in [-0.39, 0.29) is 6.61 Å². The number of hydrogen-bond acceptors (Lipinski definition) is 6. The van der Waals surface area contributed by atoms with Crippen LogP contribution in [0, 0.1) is 0 Å². The third kappa shape index (κ3) is 5.64. The third-order valence-electron chi connectivity index (χ3n) is 5.97. The van der Waals surface area contributed by atoms with Crippen LogP contribution in [0.2, 0.25) is 0 Å². The standard InChI is InChI=1S/C25H35N5O4/c1-5-9-15-30-22-21(23(31)27-25(30)33)29(14-6-2)20(26-22)17-34-24(32)19-12-10-18(11-13-19)16-28(7-3)8-4/h10-13H,5-9,14-17H2,1-4H3,(H,27,31,33). The number of carbonyl (C=O) groups excluding carboxylic acids is 1. The minimum absolute atomic E-state index is 0.0872. The number of carbonyl (C=O) groups is 1. The van der Waals surface area contributed by atoms with E-state index in [4.69, 9.17) is 4.74 Å². The molecule has 2 aromatic heterocycles. The summed E-state index contributed by atoms with van der Waals surface area (Å²) >= 11 is 0. The van der Waals surface area contributed by atoms with Gasteiger partial charge in [0.1, 0.15) is 12.4 Å². The second-order valence-electron chi connectivity index (χ2n) is 8.35. The molecular formula is C25H35N5O4. The first-order valence-electron chi connectivity index (χ1n) is 12.1. The summed E-state index contributed by atoms with van der Waals surface area (Å²) in [6.07, 6.45) is 2.45. The first-order valence-corrected chi connectivity index (χ1v) is 12.1. The zero-order chi connectivity index (χ0) is 24.7. The molecule has 2 heterocycles. The van der Waals surface area contributed by atoms with Crippen LogP contribution in [0.1, 0.15) is 68.7 Å². The number of benzene rings is 1. The molecule has 9 heteroatoms. The van der Waals surface area contributed by atoms with Gasteiger partial charge < -0.3 is 9.30 Å². The number of nitrogens with one attached hydrogen (secondary N) is 1. The zero-order valence-electron chi connectivity index (χ0n) is 20.6. The minimum Gasteiger partial charge on any atom is -0.454 e. The largest absolute Gasteiger partial charge is 0.454 e. The van der Waals surface area contributed by atoms with Crippen LogP contribution in [0.15, 0.2) is 33.9 Å². The van der Waals surface area contributed by atoms with Crippen LogP contribution in [0.4, 0.5) is 0 Å². The lowest BCUT2D eigenvalue weighted by atomic mass is 10.1. The van der Waals surface area contributed by atoms with Crippen molar-refractivity contribution in [2.45, 2.75) is 73.2 Å². The van der Waals surface area contributed by atoms with Gasteiger partial charge >= 0.3 is 11.7 Å². The number of aromatic nitrogens is 4. The van der Waals surface area contributed by atoms with E-state index in [1.54, 1.807) is 16.7 Å². The molecular weight excluding hydrogens is 434 g/mol. The number of esters is 1. The fourth-order valence-electron chi connectivity index (χ4n) is 3.98. The Morgan fingerprint density at radius 3 is 2.32 bits per heavy atom. The van der Waals surface area contributed by atoms with E-state index in [1.807, 2.05) is 26.0 Å². The van der Waals surface area contributed by atoms with Gasteiger partial charge in [0.25, 0.3) is 5.56 Å². The maximum Gasteiger partial charge on any atom is 0.338 e. The van der Waals surface area contributed by atoms with Gasteiger partial charge in [0.05, 0.1) is 5.56 Å². The van der Waals surface area contributed by atoms with Crippen LogP contribution < -0.4 is 11.2 Å². The highest BCUT2D eigenvalue weighted by atomic mass is 16.5. The molecule has 0 spiro atoms. The average molecular weight is 470 g/mol. The molecule has 1 aromatic carbocycles. The molecule has 0 amide bonds. The van der Waals surface area contributed by atoms with Gasteiger partial charge in [0.15, 0.2) is 11.2 Å². The summed E-state index contributed by atoms with van der Waals surface area (Å²) in [5.74, 6) is -0.00789. The Balaban J connectivity index is 1.83. The molecule has 184 valence electrons. The van der Waals surface area contributed by atoms with Crippen molar-refractivity contribution in [3.63, 3.8) is 0 Å². The van der Waals surface area contributed by atoms with Crippen LogP contribution in [-0.2, 0) is 31.0 Å². The predicted octanol–water partition coefficient (Wildman–Crippen LogP) is 3.30. The molecule has 0 aliphatic carbocycles. The molecule has 3 aromatic rings. The van der Waals surface area contributed by atoms with Crippen molar-refractivity contribution in [3.05, 3.63) is 62.1 Å². The maximum absolute atomic E-state index is 12.7. The summed E-state index contributed by atoms with van der Waals surface area (Å²) in [4.78, 5) is 46.9. The van der Waals surface area contributed by atoms with E-state index in [0.29, 0.717) is 35.6 Å². The highest BCUT2D eigenvalue weighted by molar-refractivity contribution is 5.89. The molecule has 1 N–H and O–H groups in total. The van der Waals surface area contributed by atoms with Crippen molar-refractivity contribution in [2.75, 3.05) is 13.1 Å². The van der Waals surface area contributed by atoms with Gasteiger partial charge in [-0.25, -0.2) is 14.6 Å². The monoisotopic (exact) mass is 469 g/mol. The lowest BCUT2D eigenvalue weighted by molar-refractivity contribution is 0.0458. The van der Waals surface area contributed by atoms with E-state index in [1.165, 1.54) is 4.57 Å². The second kappa shape index (κ2) is 11.8. The van der Waals surface area contributed by atoms with Gasteiger partial charge in [-0.05, 0) is 43.6 Å². The van der Waals surface area contributed by atoms with Crippen molar-refractivity contribution < 1.29 is 9.53 Å². The van der Waals surface area contributed by atoms with Gasteiger partial charge in [0, 0.05) is 19.6 Å². The van der Waals surface area contributed by atoms with Gasteiger partial charge in [0.2, 0.25) is 0 Å². The van der Waals surface area contributed by atoms with Crippen LogP contribution in [0.3, 0.4) is 0 Å². The summed E-state index contributed by atoms with van der Waals surface area (Å²) in [5, 5.41) is 0. The number of nitrogens with zero attached hydrogens (tertiary/aromatic N) is 4. The number of aromatic amines is 1. The van der Waals surface area contributed by atoms with E-state index >= 15 is 0 Å². The molecule has 3 rings (SSSR count). The number of hydrogen-bond donors (Lipinski definition) is 1. The lowest BCUT2D eigenvalue weighted by Gasteiger charge is -2.17. The molecule has 34 heavy (non-hydrogen) atoms. The van der Waals surface area contributed by atoms with Crippen molar-refractivity contribution in [2.24, 2.45) is 0 Å². The fraction of sp³-hybridized carbons (Fsp3) is 0.520. The number of ether oxygens (including phenoxy) is 1. The summed E-state index contributed by atoms with van der Waals surface area (Å²) < 4.78 is 8.79. The van der Waals surface area contributed by atoms with Gasteiger partial charge in [-0.3, -0.25) is 19.2 Å². The van der Waals surface area contributed by atoms with E-state index < -0.39 is 17.2 Å². The molecule has 0 aliphatic heterocycles. The van der Waals surface area contributed by atoms with Crippen LogP contribution in [-0.4, -0.2) is 43.1 Å². The highest BCUT2D eigenvalue weighted by Gasteiger charge is 2.19. The number of unbranched alkanes of at least 4 members (excludes halogenated alkanes) is 1. The molecule has 0 unspecified atom stereocenters. The number of H-pyrrole nitrogens is 1. The van der Waals surface area contributed by atoms with Gasteiger partial charge in [-0.1, -0.05) is 46.2 Å². The Morgan fingerprint density at radius 1 is 1.00 bits per heavy atom. The van der Waals surface area contributed by atoms with Crippen LogP contribution in [0.25, 0.3) is 11.2 Å². The number of rotatable bonds is 12. The number of imidazole rings is 1. The van der Waals surface area contributed by atoms with Gasteiger partial charge in [-0.2, -0.15) is 0 Å². The molecule has 9 nitrogen and oxygen atoms in total. The van der Waals surface area contributed by atoms with Crippen molar-refractivity contribution >= 4 is 17.1 Å². The number of fused-ring (bicyclic) bond motifs is 1. The molecule has 0 fully saturated rings. The smallest absolute Gasteiger partial charge is 0.338 e. The molecule has 0 saturated heterocycles. The average Bonchev–Trinajstić information content (AvgIpc) is 3.20. The van der Waals surface area contributed by atoms with Crippen LogP contribution in [0.5, 0.6) is 0 Å². The highest BCUT2D eigenvalue weighted by Crippen LogP contribution is 2.15. The summed E-state index contributed by atoms with van der Waals surface area (Å²) in [6, 6.07) is 7.41. The molecule has 0 atom stereocenters. The van der Waals surface area contributed by atoms with Gasteiger partial charge in [-0.15, -0.1) is 0 Å². The minimum atomic E-state index is -0.477. The van der Waals surface area contributed by atoms with E-state index in [0.717, 1.165) is 44.5 Å². The Kier molecular flexibility index (Phi) is 8.81. The molecule has 0 saturated carbocycles. The lowest BCUT2D eigenvalue weighted by Crippen LogP contribution is -2.31. The Morgan fingerprint density at radius 2 is 1.71 bits per heavy atom. The quantitative estimate of drug-likeness (QED) is 0.409. The summed E-state index contributed by atoms with van der Waals surface area (Å²) in [5.41, 5.74) is 1.32. The van der Waals surface area contributed by atoms with E-state index in [9.17, 15) is 14.4 Å². The van der Waals surface area contributed by atoms with Crippen molar-refractivity contribution in [3.8, 4) is 0 Å². The Labute approximate surface area is 199 Å². The predicted molar refractivity (Wildman–Crippen MR) is 132 cm³/mol. The molecule has 0 radical (unpaired) electrons. The second-order valence-corrected chi connectivity index (χ2v) is 8.35. The maximum atomic E-state index is 12.7.